The minimum Gasteiger partial charge on any atom is -0.506 e. The van der Waals surface area contributed by atoms with E-state index in [1.54, 1.807) is 18.2 Å². The number of para-hydroxylation sites is 1. The number of nitrogens with zero attached hydrogens (tertiary/aromatic N) is 1. The molecule has 1 saturated carbocycles. The summed E-state index contributed by atoms with van der Waals surface area (Å²) in [5, 5.41) is 18.6. The van der Waals surface area contributed by atoms with Gasteiger partial charge in [-0.05, 0) is 18.4 Å². The Morgan fingerprint density at radius 3 is 2.75 bits per heavy atom. The van der Waals surface area contributed by atoms with Crippen molar-refractivity contribution in [2.24, 2.45) is 11.7 Å². The molecule has 3 N–H and O–H groups in total. The topological polar surface area (TPSA) is 70.0 Å². The van der Waals surface area contributed by atoms with Gasteiger partial charge in [0, 0.05) is 11.6 Å². The SMILES string of the molecule is Cl.N#Cc1cccc([C@H](N)CC2CC2)c1O. The lowest BCUT2D eigenvalue weighted by atomic mass is 9.99. The van der Waals surface area contributed by atoms with Gasteiger partial charge in [0.15, 0.2) is 0 Å². The number of phenolic OH excluding ortho intramolecular Hbond substituents is 1. The summed E-state index contributed by atoms with van der Waals surface area (Å²) >= 11 is 0. The number of hydrogen-bond donors (Lipinski definition) is 2. The number of aromatic hydroxyl groups is 1. The van der Waals surface area contributed by atoms with E-state index in [1.807, 2.05) is 6.07 Å². The van der Waals surface area contributed by atoms with Crippen LogP contribution in [0.5, 0.6) is 5.75 Å². The number of nitrogens with two attached hydrogens (primary N) is 1. The van der Waals surface area contributed by atoms with Crippen LogP contribution in [0.25, 0.3) is 0 Å². The van der Waals surface area contributed by atoms with Crippen LogP contribution in [0.15, 0.2) is 18.2 Å². The van der Waals surface area contributed by atoms with Gasteiger partial charge in [0.2, 0.25) is 0 Å². The molecular formula is C12H15ClN2O. The van der Waals surface area contributed by atoms with Gasteiger partial charge in [-0.3, -0.25) is 0 Å². The smallest absolute Gasteiger partial charge is 0.138 e. The Morgan fingerprint density at radius 1 is 1.50 bits per heavy atom. The van der Waals surface area contributed by atoms with Crippen molar-refractivity contribution in [3.8, 4) is 11.8 Å². The summed E-state index contributed by atoms with van der Waals surface area (Å²) in [6.07, 6.45) is 3.39. The summed E-state index contributed by atoms with van der Waals surface area (Å²) in [7, 11) is 0. The Balaban J connectivity index is 0.00000128. The number of hydrogen-bond acceptors (Lipinski definition) is 3. The molecule has 4 heteroatoms. The van der Waals surface area contributed by atoms with Crippen molar-refractivity contribution in [1.82, 2.24) is 0 Å². The molecule has 16 heavy (non-hydrogen) atoms. The van der Waals surface area contributed by atoms with Gasteiger partial charge in [-0.25, -0.2) is 0 Å². The van der Waals surface area contributed by atoms with Gasteiger partial charge in [0.1, 0.15) is 11.8 Å². The van der Waals surface area contributed by atoms with E-state index in [-0.39, 0.29) is 24.2 Å². The highest BCUT2D eigenvalue weighted by atomic mass is 35.5. The van der Waals surface area contributed by atoms with E-state index in [0.717, 1.165) is 6.42 Å². The lowest BCUT2D eigenvalue weighted by Crippen LogP contribution is -2.11. The first-order chi connectivity index (χ1) is 7.22. The summed E-state index contributed by atoms with van der Waals surface area (Å²) in [6.45, 7) is 0. The van der Waals surface area contributed by atoms with Gasteiger partial charge in [0.05, 0.1) is 5.56 Å². The molecule has 1 aromatic carbocycles. The van der Waals surface area contributed by atoms with E-state index in [0.29, 0.717) is 17.0 Å². The number of benzene rings is 1. The molecule has 0 heterocycles. The summed E-state index contributed by atoms with van der Waals surface area (Å²) in [4.78, 5) is 0. The Labute approximate surface area is 101 Å². The maximum Gasteiger partial charge on any atom is 0.138 e. The van der Waals surface area contributed by atoms with Crippen molar-refractivity contribution in [3.05, 3.63) is 29.3 Å². The quantitative estimate of drug-likeness (QED) is 0.850. The molecule has 0 unspecified atom stereocenters. The van der Waals surface area contributed by atoms with Crippen LogP contribution in [0.1, 0.15) is 36.4 Å². The maximum absolute atomic E-state index is 9.79. The molecule has 0 radical (unpaired) electrons. The van der Waals surface area contributed by atoms with Gasteiger partial charge >= 0.3 is 0 Å². The van der Waals surface area contributed by atoms with E-state index < -0.39 is 0 Å². The van der Waals surface area contributed by atoms with E-state index in [4.69, 9.17) is 11.0 Å². The summed E-state index contributed by atoms with van der Waals surface area (Å²) in [5.74, 6) is 0.762. The zero-order valence-electron chi connectivity index (χ0n) is 8.89. The molecule has 0 spiro atoms. The first-order valence-corrected chi connectivity index (χ1v) is 5.20. The minimum absolute atomic E-state index is 0. The lowest BCUT2D eigenvalue weighted by molar-refractivity contribution is 0.454. The molecule has 0 saturated heterocycles. The van der Waals surface area contributed by atoms with Gasteiger partial charge in [-0.2, -0.15) is 5.26 Å². The van der Waals surface area contributed by atoms with Crippen LogP contribution < -0.4 is 5.73 Å². The van der Waals surface area contributed by atoms with Gasteiger partial charge in [-0.15, -0.1) is 12.4 Å². The number of nitriles is 1. The molecule has 1 aromatic rings. The van der Waals surface area contributed by atoms with Gasteiger partial charge in [-0.1, -0.05) is 25.0 Å². The molecular weight excluding hydrogens is 224 g/mol. The zero-order valence-corrected chi connectivity index (χ0v) is 9.70. The van der Waals surface area contributed by atoms with Crippen molar-refractivity contribution in [3.63, 3.8) is 0 Å². The van der Waals surface area contributed by atoms with Crippen molar-refractivity contribution in [1.29, 1.82) is 5.26 Å². The normalized spacial score (nSPS) is 16.0. The molecule has 0 amide bonds. The molecule has 86 valence electrons. The Bertz CT molecular complexity index is 410. The molecule has 1 aliphatic carbocycles. The summed E-state index contributed by atoms with van der Waals surface area (Å²) in [5.41, 5.74) is 6.99. The third-order valence-electron chi connectivity index (χ3n) is 2.87. The van der Waals surface area contributed by atoms with Crippen LogP contribution in [0.3, 0.4) is 0 Å². The van der Waals surface area contributed by atoms with Crippen LogP contribution in [0.2, 0.25) is 0 Å². The largest absolute Gasteiger partial charge is 0.506 e. The Kier molecular flexibility index (Phi) is 4.17. The van der Waals surface area contributed by atoms with Crippen molar-refractivity contribution in [2.45, 2.75) is 25.3 Å². The molecule has 0 aromatic heterocycles. The maximum atomic E-state index is 9.79. The molecule has 2 rings (SSSR count). The highest BCUT2D eigenvalue weighted by Gasteiger charge is 2.25. The molecule has 1 atom stereocenters. The van der Waals surface area contributed by atoms with E-state index >= 15 is 0 Å². The van der Waals surface area contributed by atoms with E-state index in [1.165, 1.54) is 12.8 Å². The molecule has 0 bridgehead atoms. The first-order valence-electron chi connectivity index (χ1n) is 5.20. The second-order valence-corrected chi connectivity index (χ2v) is 4.14. The van der Waals surface area contributed by atoms with Gasteiger partial charge < -0.3 is 10.8 Å². The van der Waals surface area contributed by atoms with Crippen molar-refractivity contribution >= 4 is 12.4 Å². The average molecular weight is 239 g/mol. The lowest BCUT2D eigenvalue weighted by Gasteiger charge is -2.13. The summed E-state index contributed by atoms with van der Waals surface area (Å²) < 4.78 is 0. The standard InChI is InChI=1S/C12H14N2O.ClH/c13-7-9-2-1-3-10(12(9)15)11(14)6-8-4-5-8;/h1-3,8,11,15H,4-6,14H2;1H/t11-;/m1./s1. The van der Waals surface area contributed by atoms with Crippen LogP contribution in [0.4, 0.5) is 0 Å². The molecule has 0 aliphatic heterocycles. The molecule has 3 nitrogen and oxygen atoms in total. The van der Waals surface area contributed by atoms with Crippen molar-refractivity contribution < 1.29 is 5.11 Å². The predicted octanol–water partition coefficient (Wildman–Crippen LogP) is 2.49. The Morgan fingerprint density at radius 2 is 2.19 bits per heavy atom. The van der Waals surface area contributed by atoms with Crippen LogP contribution >= 0.6 is 12.4 Å². The van der Waals surface area contributed by atoms with Crippen LogP contribution in [0, 0.1) is 17.2 Å². The zero-order chi connectivity index (χ0) is 10.8. The number of rotatable bonds is 3. The van der Waals surface area contributed by atoms with Gasteiger partial charge in [0.25, 0.3) is 0 Å². The third-order valence-corrected chi connectivity index (χ3v) is 2.87. The fraction of sp³-hybridized carbons (Fsp3) is 0.417. The molecule has 1 fully saturated rings. The monoisotopic (exact) mass is 238 g/mol. The minimum atomic E-state index is -0.147. The first kappa shape index (κ1) is 12.8. The number of phenols is 1. The fourth-order valence-corrected chi connectivity index (χ4v) is 1.79. The Hall–Kier alpha value is -1.24. The fourth-order valence-electron chi connectivity index (χ4n) is 1.79. The van der Waals surface area contributed by atoms with Crippen molar-refractivity contribution in [2.75, 3.05) is 0 Å². The highest BCUT2D eigenvalue weighted by molar-refractivity contribution is 5.85. The van der Waals surface area contributed by atoms with E-state index in [9.17, 15) is 5.11 Å². The predicted molar refractivity (Wildman–Crippen MR) is 64.3 cm³/mol. The third kappa shape index (κ3) is 2.66. The highest BCUT2D eigenvalue weighted by Crippen LogP contribution is 2.38. The second kappa shape index (κ2) is 5.20. The average Bonchev–Trinajstić information content (AvgIpc) is 3.02. The summed E-state index contributed by atoms with van der Waals surface area (Å²) in [6, 6.07) is 6.97. The van der Waals surface area contributed by atoms with Crippen LogP contribution in [-0.2, 0) is 0 Å². The van der Waals surface area contributed by atoms with Crippen LogP contribution in [-0.4, -0.2) is 5.11 Å². The van der Waals surface area contributed by atoms with E-state index in [2.05, 4.69) is 0 Å². The molecule has 1 aliphatic rings. The number of halogens is 1. The second-order valence-electron chi connectivity index (χ2n) is 4.14.